The van der Waals surface area contributed by atoms with E-state index in [9.17, 15) is 0 Å². The van der Waals surface area contributed by atoms with Crippen LogP contribution in [0.25, 0.3) is 0 Å². The van der Waals surface area contributed by atoms with Crippen LogP contribution >= 0.6 is 0 Å². The van der Waals surface area contributed by atoms with Crippen molar-refractivity contribution in [3.63, 3.8) is 0 Å². The third-order valence-corrected chi connectivity index (χ3v) is 2.49. The Morgan fingerprint density at radius 2 is 2.00 bits per heavy atom. The number of nitrogens with zero attached hydrogens (tertiary/aromatic N) is 1. The lowest BCUT2D eigenvalue weighted by atomic mass is 9.85. The molecule has 1 rings (SSSR count). The number of hydrogen-bond donors (Lipinski definition) is 1. The molecule has 2 N–H and O–H groups in total. The largest absolute Gasteiger partial charge is 0.327 e. The second kappa shape index (κ2) is 4.09. The van der Waals surface area contributed by atoms with Crippen LogP contribution in [-0.4, -0.2) is 11.0 Å². The van der Waals surface area contributed by atoms with Crippen LogP contribution in [0.3, 0.4) is 0 Å². The minimum absolute atomic E-state index is 0.144. The maximum Gasteiger partial charge on any atom is 0.0422 e. The lowest BCUT2D eigenvalue weighted by Gasteiger charge is -2.26. The smallest absolute Gasteiger partial charge is 0.0422 e. The molecule has 0 saturated carbocycles. The zero-order chi connectivity index (χ0) is 10.8. The molecule has 0 saturated heterocycles. The van der Waals surface area contributed by atoms with E-state index in [4.69, 9.17) is 5.73 Å². The maximum absolute atomic E-state index is 6.09. The molecule has 14 heavy (non-hydrogen) atoms. The quantitative estimate of drug-likeness (QED) is 0.781. The first-order chi connectivity index (χ1) is 6.39. The minimum atomic E-state index is 0.144. The van der Waals surface area contributed by atoms with Gasteiger partial charge in [0.1, 0.15) is 0 Å². The number of aromatic nitrogens is 1. The fourth-order valence-electron chi connectivity index (χ4n) is 1.24. The van der Waals surface area contributed by atoms with Crippen molar-refractivity contribution in [1.82, 2.24) is 4.98 Å². The first-order valence-electron chi connectivity index (χ1n) is 5.08. The van der Waals surface area contributed by atoms with E-state index in [1.807, 2.05) is 25.1 Å². The molecule has 0 bridgehead atoms. The Kier molecular flexibility index (Phi) is 3.27. The number of aryl methyl sites for hydroxylation is 1. The summed E-state index contributed by atoms with van der Waals surface area (Å²) in [4.78, 5) is 4.45. The van der Waals surface area contributed by atoms with Gasteiger partial charge < -0.3 is 5.73 Å². The highest BCUT2D eigenvalue weighted by atomic mass is 14.7. The summed E-state index contributed by atoms with van der Waals surface area (Å²) in [6.07, 6.45) is 0.852. The van der Waals surface area contributed by atoms with Crippen molar-refractivity contribution in [2.75, 3.05) is 0 Å². The van der Waals surface area contributed by atoms with Gasteiger partial charge in [0.2, 0.25) is 0 Å². The SMILES string of the molecule is Cc1cccc(CC(N)C(C)(C)C)n1. The molecule has 78 valence electrons. The Labute approximate surface area is 86.5 Å². The normalized spacial score (nSPS) is 14.1. The van der Waals surface area contributed by atoms with Crippen LogP contribution < -0.4 is 5.73 Å². The van der Waals surface area contributed by atoms with Crippen LogP contribution in [0, 0.1) is 12.3 Å². The predicted molar refractivity (Wildman–Crippen MR) is 60.1 cm³/mol. The molecule has 1 unspecified atom stereocenters. The van der Waals surface area contributed by atoms with Crippen molar-refractivity contribution in [3.05, 3.63) is 29.6 Å². The lowest BCUT2D eigenvalue weighted by Crippen LogP contribution is -2.37. The van der Waals surface area contributed by atoms with E-state index in [1.54, 1.807) is 0 Å². The number of rotatable bonds is 2. The van der Waals surface area contributed by atoms with Crippen LogP contribution in [0.15, 0.2) is 18.2 Å². The third-order valence-electron chi connectivity index (χ3n) is 2.49. The van der Waals surface area contributed by atoms with E-state index in [2.05, 4.69) is 25.8 Å². The second-order valence-corrected chi connectivity index (χ2v) is 4.95. The van der Waals surface area contributed by atoms with Gasteiger partial charge in [0, 0.05) is 23.9 Å². The average Bonchev–Trinajstić information content (AvgIpc) is 2.02. The average molecular weight is 192 g/mol. The van der Waals surface area contributed by atoms with Gasteiger partial charge in [-0.05, 0) is 24.5 Å². The van der Waals surface area contributed by atoms with Crippen molar-refractivity contribution in [2.45, 2.75) is 40.2 Å². The monoisotopic (exact) mass is 192 g/mol. The molecule has 0 aliphatic carbocycles. The third kappa shape index (κ3) is 3.11. The van der Waals surface area contributed by atoms with E-state index in [0.29, 0.717) is 0 Å². The van der Waals surface area contributed by atoms with Gasteiger partial charge in [0.25, 0.3) is 0 Å². The molecule has 2 nitrogen and oxygen atoms in total. The summed E-state index contributed by atoms with van der Waals surface area (Å²) in [6.45, 7) is 8.49. The molecule has 0 spiro atoms. The molecule has 1 aromatic rings. The Morgan fingerprint density at radius 3 is 2.50 bits per heavy atom. The van der Waals surface area contributed by atoms with Crippen LogP contribution in [0.5, 0.6) is 0 Å². The summed E-state index contributed by atoms with van der Waals surface area (Å²) < 4.78 is 0. The molecule has 0 aliphatic heterocycles. The van der Waals surface area contributed by atoms with Crippen LogP contribution in [0.4, 0.5) is 0 Å². The molecule has 0 aliphatic rings. The number of hydrogen-bond acceptors (Lipinski definition) is 2. The Bertz CT molecular complexity index is 299. The molecule has 1 atom stereocenters. The zero-order valence-corrected chi connectivity index (χ0v) is 9.54. The molecule has 0 aromatic carbocycles. The Balaban J connectivity index is 2.70. The van der Waals surface area contributed by atoms with E-state index in [1.165, 1.54) is 0 Å². The van der Waals surface area contributed by atoms with Gasteiger partial charge in [-0.3, -0.25) is 4.98 Å². The van der Waals surface area contributed by atoms with E-state index < -0.39 is 0 Å². The van der Waals surface area contributed by atoms with Crippen molar-refractivity contribution in [2.24, 2.45) is 11.1 Å². The summed E-state index contributed by atoms with van der Waals surface area (Å²) in [5.74, 6) is 0. The summed E-state index contributed by atoms with van der Waals surface area (Å²) in [6, 6.07) is 6.24. The zero-order valence-electron chi connectivity index (χ0n) is 9.54. The highest BCUT2D eigenvalue weighted by Crippen LogP contribution is 2.19. The van der Waals surface area contributed by atoms with E-state index in [-0.39, 0.29) is 11.5 Å². The predicted octanol–water partition coefficient (Wildman–Crippen LogP) is 2.31. The summed E-state index contributed by atoms with van der Waals surface area (Å²) in [5, 5.41) is 0. The fraction of sp³-hybridized carbons (Fsp3) is 0.583. The standard InChI is InChI=1S/C12H20N2/c1-9-6-5-7-10(14-9)8-11(13)12(2,3)4/h5-7,11H,8,13H2,1-4H3. The number of nitrogens with two attached hydrogens (primary N) is 1. The van der Waals surface area contributed by atoms with Crippen LogP contribution in [0.1, 0.15) is 32.2 Å². The van der Waals surface area contributed by atoms with Gasteiger partial charge in [-0.25, -0.2) is 0 Å². The molecule has 1 heterocycles. The van der Waals surface area contributed by atoms with Gasteiger partial charge in [-0.15, -0.1) is 0 Å². The molecule has 0 radical (unpaired) electrons. The highest BCUT2D eigenvalue weighted by Gasteiger charge is 2.20. The molecule has 2 heteroatoms. The first-order valence-corrected chi connectivity index (χ1v) is 5.08. The topological polar surface area (TPSA) is 38.9 Å². The Hall–Kier alpha value is -0.890. The van der Waals surface area contributed by atoms with Gasteiger partial charge in [-0.1, -0.05) is 26.8 Å². The van der Waals surface area contributed by atoms with Crippen LogP contribution in [-0.2, 0) is 6.42 Å². The fourth-order valence-corrected chi connectivity index (χ4v) is 1.24. The van der Waals surface area contributed by atoms with Crippen LogP contribution in [0.2, 0.25) is 0 Å². The van der Waals surface area contributed by atoms with Crippen molar-refractivity contribution in [1.29, 1.82) is 0 Å². The van der Waals surface area contributed by atoms with Crippen molar-refractivity contribution in [3.8, 4) is 0 Å². The summed E-state index contributed by atoms with van der Waals surface area (Å²) >= 11 is 0. The van der Waals surface area contributed by atoms with Crippen molar-refractivity contribution < 1.29 is 0 Å². The van der Waals surface area contributed by atoms with Crippen molar-refractivity contribution >= 4 is 0 Å². The van der Waals surface area contributed by atoms with Gasteiger partial charge >= 0.3 is 0 Å². The lowest BCUT2D eigenvalue weighted by molar-refractivity contribution is 0.317. The van der Waals surface area contributed by atoms with E-state index in [0.717, 1.165) is 17.8 Å². The molecular formula is C12H20N2. The molecule has 1 aromatic heterocycles. The Morgan fingerprint density at radius 1 is 1.36 bits per heavy atom. The van der Waals surface area contributed by atoms with E-state index >= 15 is 0 Å². The highest BCUT2D eigenvalue weighted by molar-refractivity contribution is 5.11. The molecule has 0 fully saturated rings. The van der Waals surface area contributed by atoms with Gasteiger partial charge in [0.05, 0.1) is 0 Å². The maximum atomic E-state index is 6.09. The molecule has 0 amide bonds. The van der Waals surface area contributed by atoms with Gasteiger partial charge in [0.15, 0.2) is 0 Å². The van der Waals surface area contributed by atoms with Gasteiger partial charge in [-0.2, -0.15) is 0 Å². The number of pyridine rings is 1. The second-order valence-electron chi connectivity index (χ2n) is 4.95. The first kappa shape index (κ1) is 11.2. The summed E-state index contributed by atoms with van der Waals surface area (Å²) in [5.41, 5.74) is 8.39. The summed E-state index contributed by atoms with van der Waals surface area (Å²) in [7, 11) is 0. The minimum Gasteiger partial charge on any atom is -0.327 e. The molecular weight excluding hydrogens is 172 g/mol.